The van der Waals surface area contributed by atoms with E-state index in [0.717, 1.165) is 16.5 Å². The summed E-state index contributed by atoms with van der Waals surface area (Å²) < 4.78 is 5.65. The Morgan fingerprint density at radius 3 is 2.89 bits per heavy atom. The Morgan fingerprint density at radius 2 is 2.11 bits per heavy atom. The number of fused-ring (bicyclic) bond motifs is 1. The zero-order chi connectivity index (χ0) is 13.4. The lowest BCUT2D eigenvalue weighted by Gasteiger charge is -2.08. The molecular weight excluding hydrogens is 262 g/mol. The summed E-state index contributed by atoms with van der Waals surface area (Å²) in [4.78, 5) is 4.10. The number of hydrogen-bond donors (Lipinski definition) is 1. The second-order valence-electron chi connectivity index (χ2n) is 4.46. The standard InChI is InChI=1S/C15H12ClNO2/c1-9-4-5-12-10(7-9)8-13(19-12)15(18)14-11(16)3-2-6-17-14/h2-8,15,18H,1H3. The van der Waals surface area contributed by atoms with E-state index in [-0.39, 0.29) is 0 Å². The highest BCUT2D eigenvalue weighted by atomic mass is 35.5. The average molecular weight is 274 g/mol. The molecule has 0 aliphatic carbocycles. The predicted octanol–water partition coefficient (Wildman–Crippen LogP) is 3.87. The molecule has 2 aromatic heterocycles. The van der Waals surface area contributed by atoms with Crippen LogP contribution in [0.15, 0.2) is 47.0 Å². The molecule has 0 amide bonds. The summed E-state index contributed by atoms with van der Waals surface area (Å²) in [5.41, 5.74) is 2.29. The number of halogens is 1. The van der Waals surface area contributed by atoms with E-state index in [9.17, 15) is 5.11 Å². The van der Waals surface area contributed by atoms with Gasteiger partial charge in [0.25, 0.3) is 0 Å². The summed E-state index contributed by atoms with van der Waals surface area (Å²) in [5.74, 6) is 0.446. The molecule has 3 nitrogen and oxygen atoms in total. The van der Waals surface area contributed by atoms with Crippen molar-refractivity contribution in [3.05, 3.63) is 64.6 Å². The Morgan fingerprint density at radius 1 is 1.26 bits per heavy atom. The summed E-state index contributed by atoms with van der Waals surface area (Å²) in [6.07, 6.45) is 0.637. The lowest BCUT2D eigenvalue weighted by molar-refractivity contribution is 0.188. The molecule has 0 bridgehead atoms. The van der Waals surface area contributed by atoms with Crippen molar-refractivity contribution in [1.82, 2.24) is 4.98 Å². The lowest BCUT2D eigenvalue weighted by Crippen LogP contribution is -2.01. The van der Waals surface area contributed by atoms with E-state index in [4.69, 9.17) is 16.0 Å². The molecule has 0 fully saturated rings. The van der Waals surface area contributed by atoms with Gasteiger partial charge >= 0.3 is 0 Å². The van der Waals surface area contributed by atoms with Crippen LogP contribution in [0.5, 0.6) is 0 Å². The number of rotatable bonds is 2. The maximum absolute atomic E-state index is 10.3. The van der Waals surface area contributed by atoms with E-state index < -0.39 is 6.10 Å². The molecule has 4 heteroatoms. The molecule has 96 valence electrons. The average Bonchev–Trinajstić information content (AvgIpc) is 2.81. The zero-order valence-corrected chi connectivity index (χ0v) is 11.1. The van der Waals surface area contributed by atoms with Gasteiger partial charge in [-0.3, -0.25) is 4.98 Å². The fourth-order valence-electron chi connectivity index (χ4n) is 2.05. The number of aryl methyl sites for hydroxylation is 1. The molecule has 1 N–H and O–H groups in total. The second kappa shape index (κ2) is 4.68. The Balaban J connectivity index is 2.07. The molecule has 0 saturated carbocycles. The van der Waals surface area contributed by atoms with E-state index in [2.05, 4.69) is 4.98 Å². The molecule has 3 aromatic rings. The van der Waals surface area contributed by atoms with Crippen LogP contribution >= 0.6 is 11.6 Å². The quantitative estimate of drug-likeness (QED) is 0.771. The van der Waals surface area contributed by atoms with Crippen LogP contribution < -0.4 is 0 Å². The van der Waals surface area contributed by atoms with Gasteiger partial charge in [0.2, 0.25) is 0 Å². The van der Waals surface area contributed by atoms with E-state index in [0.29, 0.717) is 16.5 Å². The molecule has 1 unspecified atom stereocenters. The van der Waals surface area contributed by atoms with E-state index >= 15 is 0 Å². The van der Waals surface area contributed by atoms with Crippen LogP contribution in [0, 0.1) is 6.92 Å². The Kier molecular flexibility index (Phi) is 3.01. The first-order chi connectivity index (χ1) is 9.15. The smallest absolute Gasteiger partial charge is 0.155 e. The summed E-state index contributed by atoms with van der Waals surface area (Å²) in [5, 5.41) is 11.7. The third-order valence-corrected chi connectivity index (χ3v) is 3.33. The molecule has 0 radical (unpaired) electrons. The van der Waals surface area contributed by atoms with Crippen LogP contribution in [0.1, 0.15) is 23.1 Å². The summed E-state index contributed by atoms with van der Waals surface area (Å²) in [6.45, 7) is 2.01. The molecule has 1 aromatic carbocycles. The zero-order valence-electron chi connectivity index (χ0n) is 10.3. The second-order valence-corrected chi connectivity index (χ2v) is 4.87. The molecule has 0 aliphatic rings. The van der Waals surface area contributed by atoms with Crippen molar-refractivity contribution in [3.63, 3.8) is 0 Å². The summed E-state index contributed by atoms with van der Waals surface area (Å²) in [6, 6.07) is 11.1. The number of aliphatic hydroxyl groups excluding tert-OH is 1. The number of nitrogens with zero attached hydrogens (tertiary/aromatic N) is 1. The molecule has 0 saturated heterocycles. The minimum atomic E-state index is -0.957. The highest BCUT2D eigenvalue weighted by molar-refractivity contribution is 6.31. The molecule has 19 heavy (non-hydrogen) atoms. The lowest BCUT2D eigenvalue weighted by atomic mass is 10.1. The number of hydrogen-bond acceptors (Lipinski definition) is 3. The SMILES string of the molecule is Cc1ccc2oc(C(O)c3ncccc3Cl)cc2c1. The normalized spacial score (nSPS) is 12.8. The van der Waals surface area contributed by atoms with Crippen LogP contribution in [-0.2, 0) is 0 Å². The number of pyridine rings is 1. The molecule has 0 aliphatic heterocycles. The summed E-state index contributed by atoms with van der Waals surface area (Å²) >= 11 is 6.03. The third kappa shape index (κ3) is 2.23. The topological polar surface area (TPSA) is 46.3 Å². The van der Waals surface area contributed by atoms with Gasteiger partial charge in [0.1, 0.15) is 11.3 Å². The Labute approximate surface area is 115 Å². The van der Waals surface area contributed by atoms with Crippen molar-refractivity contribution in [2.45, 2.75) is 13.0 Å². The number of benzene rings is 1. The largest absolute Gasteiger partial charge is 0.458 e. The van der Waals surface area contributed by atoms with Gasteiger partial charge in [0, 0.05) is 11.6 Å². The first kappa shape index (κ1) is 12.2. The van der Waals surface area contributed by atoms with Gasteiger partial charge in [0.05, 0.1) is 10.7 Å². The highest BCUT2D eigenvalue weighted by Gasteiger charge is 2.19. The van der Waals surface area contributed by atoms with Crippen molar-refractivity contribution >= 4 is 22.6 Å². The predicted molar refractivity (Wildman–Crippen MR) is 74.3 cm³/mol. The van der Waals surface area contributed by atoms with Crippen LogP contribution in [0.4, 0.5) is 0 Å². The summed E-state index contributed by atoms with van der Waals surface area (Å²) in [7, 11) is 0. The molecule has 0 spiro atoms. The number of furan rings is 1. The maximum Gasteiger partial charge on any atom is 0.155 e. The van der Waals surface area contributed by atoms with Gasteiger partial charge < -0.3 is 9.52 Å². The molecular formula is C15H12ClNO2. The molecule has 1 atom stereocenters. The number of aliphatic hydroxyl groups is 1. The van der Waals surface area contributed by atoms with Crippen LogP contribution in [0.2, 0.25) is 5.02 Å². The fourth-order valence-corrected chi connectivity index (χ4v) is 2.28. The van der Waals surface area contributed by atoms with Crippen molar-refractivity contribution in [2.75, 3.05) is 0 Å². The Hall–Kier alpha value is -1.84. The first-order valence-corrected chi connectivity index (χ1v) is 6.31. The van der Waals surface area contributed by atoms with Crippen LogP contribution in [0.3, 0.4) is 0 Å². The monoisotopic (exact) mass is 273 g/mol. The highest BCUT2D eigenvalue weighted by Crippen LogP contribution is 2.30. The Bertz CT molecular complexity index is 736. The van der Waals surface area contributed by atoms with Gasteiger partial charge in [-0.05, 0) is 37.3 Å². The van der Waals surface area contributed by atoms with Crippen molar-refractivity contribution in [2.24, 2.45) is 0 Å². The first-order valence-electron chi connectivity index (χ1n) is 5.94. The van der Waals surface area contributed by atoms with Crippen LogP contribution in [-0.4, -0.2) is 10.1 Å². The maximum atomic E-state index is 10.3. The van der Waals surface area contributed by atoms with E-state index in [1.807, 2.05) is 31.2 Å². The van der Waals surface area contributed by atoms with Gasteiger partial charge in [-0.15, -0.1) is 0 Å². The van der Waals surface area contributed by atoms with E-state index in [1.165, 1.54) is 0 Å². The van der Waals surface area contributed by atoms with Gasteiger partial charge in [-0.2, -0.15) is 0 Å². The third-order valence-electron chi connectivity index (χ3n) is 3.01. The van der Waals surface area contributed by atoms with Gasteiger partial charge in [0.15, 0.2) is 6.10 Å². The van der Waals surface area contributed by atoms with Crippen molar-refractivity contribution in [3.8, 4) is 0 Å². The molecule has 3 rings (SSSR count). The van der Waals surface area contributed by atoms with Crippen molar-refractivity contribution in [1.29, 1.82) is 0 Å². The van der Waals surface area contributed by atoms with Crippen LogP contribution in [0.25, 0.3) is 11.0 Å². The molecule has 2 heterocycles. The number of aromatic nitrogens is 1. The minimum absolute atomic E-state index is 0.403. The van der Waals surface area contributed by atoms with Gasteiger partial charge in [-0.1, -0.05) is 23.2 Å². The minimum Gasteiger partial charge on any atom is -0.458 e. The van der Waals surface area contributed by atoms with E-state index in [1.54, 1.807) is 18.3 Å². The van der Waals surface area contributed by atoms with Gasteiger partial charge in [-0.25, -0.2) is 0 Å². The van der Waals surface area contributed by atoms with Crippen molar-refractivity contribution < 1.29 is 9.52 Å². The fraction of sp³-hybridized carbons (Fsp3) is 0.133.